The fraction of sp³-hybridized carbons (Fsp3) is 0.444. The van der Waals surface area contributed by atoms with Crippen LogP contribution >= 0.6 is 0 Å². The van der Waals surface area contributed by atoms with Gasteiger partial charge in [-0.3, -0.25) is 10.2 Å². The zero-order valence-corrected chi connectivity index (χ0v) is 21.8. The summed E-state index contributed by atoms with van der Waals surface area (Å²) in [5.74, 6) is 2.37. The highest BCUT2D eigenvalue weighted by atomic mass is 16.6. The van der Waals surface area contributed by atoms with E-state index in [0.29, 0.717) is 72.8 Å². The highest BCUT2D eigenvalue weighted by molar-refractivity contribution is 5.99. The molecule has 38 heavy (non-hydrogen) atoms. The molecule has 1 amide bonds. The number of amides is 1. The second kappa shape index (κ2) is 12.2. The number of aryl methyl sites for hydroxylation is 1. The Bertz CT molecular complexity index is 1260. The smallest absolute Gasteiger partial charge is 0.418 e. The first-order valence-electron chi connectivity index (χ1n) is 12.8. The van der Waals surface area contributed by atoms with E-state index < -0.39 is 6.09 Å². The molecule has 0 bridgehead atoms. The van der Waals surface area contributed by atoms with Crippen molar-refractivity contribution in [2.75, 3.05) is 83.1 Å². The number of morpholine rings is 2. The summed E-state index contributed by atoms with van der Waals surface area (Å²) >= 11 is 0. The maximum Gasteiger partial charge on any atom is 0.418 e. The van der Waals surface area contributed by atoms with Crippen molar-refractivity contribution in [1.82, 2.24) is 14.9 Å². The molecule has 2 aliphatic rings. The van der Waals surface area contributed by atoms with Crippen molar-refractivity contribution in [3.63, 3.8) is 0 Å². The lowest BCUT2D eigenvalue weighted by Crippen LogP contribution is -2.38. The number of aromatic nitrogens is 2. The molecular weight excluding hydrogens is 490 g/mol. The molecule has 11 nitrogen and oxygen atoms in total. The van der Waals surface area contributed by atoms with Crippen molar-refractivity contribution < 1.29 is 28.5 Å². The second-order valence-electron chi connectivity index (χ2n) is 9.13. The fourth-order valence-corrected chi connectivity index (χ4v) is 4.41. The Morgan fingerprint density at radius 1 is 1.00 bits per heavy atom. The van der Waals surface area contributed by atoms with Gasteiger partial charge in [0.2, 0.25) is 5.95 Å². The van der Waals surface area contributed by atoms with Crippen molar-refractivity contribution in [2.45, 2.75) is 6.92 Å². The Kier molecular flexibility index (Phi) is 8.37. The van der Waals surface area contributed by atoms with Crippen molar-refractivity contribution in [1.29, 1.82) is 0 Å². The standard InChI is InChI=1S/C27H33N5O6/c1-19-4-3-5-20(16-19)38-27(33)30-25-21-17-24(37-15-8-31-6-11-35-12-7-31)23(34-2)18-22(21)28-26(29-25)32-9-13-36-14-10-32/h3-5,16-18H,6-15H2,1-2H3,(H,28,29,30,33). The Morgan fingerprint density at radius 2 is 1.76 bits per heavy atom. The number of nitrogens with zero attached hydrogens (tertiary/aromatic N) is 4. The SMILES string of the molecule is COc1cc2nc(N3CCOCC3)nc(NC(=O)Oc3cccc(C)c3)c2cc1OCCN1CCOCC1. The first-order valence-corrected chi connectivity index (χ1v) is 12.8. The summed E-state index contributed by atoms with van der Waals surface area (Å²) in [5, 5.41) is 3.43. The first kappa shape index (κ1) is 26.0. The Balaban J connectivity index is 1.43. The van der Waals surface area contributed by atoms with Crippen LogP contribution in [0.3, 0.4) is 0 Å². The zero-order chi connectivity index (χ0) is 26.3. The largest absolute Gasteiger partial charge is 0.493 e. The minimum atomic E-state index is -0.644. The maximum absolute atomic E-state index is 12.9. The number of fused-ring (bicyclic) bond motifs is 1. The van der Waals surface area contributed by atoms with Crippen molar-refractivity contribution >= 4 is 28.8 Å². The van der Waals surface area contributed by atoms with Crippen LogP contribution in [0, 0.1) is 6.92 Å². The van der Waals surface area contributed by atoms with Gasteiger partial charge in [0, 0.05) is 44.2 Å². The highest BCUT2D eigenvalue weighted by Gasteiger charge is 2.21. The molecule has 0 unspecified atom stereocenters. The van der Waals surface area contributed by atoms with Crippen molar-refractivity contribution in [2.24, 2.45) is 0 Å². The van der Waals surface area contributed by atoms with Gasteiger partial charge >= 0.3 is 6.09 Å². The molecule has 2 aliphatic heterocycles. The van der Waals surface area contributed by atoms with Gasteiger partial charge in [-0.2, -0.15) is 4.98 Å². The van der Waals surface area contributed by atoms with Crippen LogP contribution in [0.4, 0.5) is 16.6 Å². The molecular formula is C27H33N5O6. The van der Waals surface area contributed by atoms with E-state index in [1.807, 2.05) is 30.0 Å². The molecule has 0 atom stereocenters. The van der Waals surface area contributed by atoms with Gasteiger partial charge in [0.25, 0.3) is 0 Å². The van der Waals surface area contributed by atoms with Gasteiger partial charge in [0.15, 0.2) is 11.5 Å². The van der Waals surface area contributed by atoms with E-state index in [1.165, 1.54) is 0 Å². The number of carbonyl (C=O) groups excluding carboxylic acids is 1. The molecule has 2 fully saturated rings. The van der Waals surface area contributed by atoms with Gasteiger partial charge in [-0.1, -0.05) is 12.1 Å². The Hall–Kier alpha value is -3.67. The lowest BCUT2D eigenvalue weighted by atomic mass is 10.2. The molecule has 1 N–H and O–H groups in total. The Labute approximate surface area is 221 Å². The second-order valence-corrected chi connectivity index (χ2v) is 9.13. The number of methoxy groups -OCH3 is 1. The van der Waals surface area contributed by atoms with Gasteiger partial charge in [-0.15, -0.1) is 0 Å². The monoisotopic (exact) mass is 523 g/mol. The van der Waals surface area contributed by atoms with Crippen molar-refractivity contribution in [3.05, 3.63) is 42.0 Å². The van der Waals surface area contributed by atoms with Crippen LogP contribution in [0.15, 0.2) is 36.4 Å². The van der Waals surface area contributed by atoms with Gasteiger partial charge < -0.3 is 28.6 Å². The molecule has 2 aromatic carbocycles. The summed E-state index contributed by atoms with van der Waals surface area (Å²) in [6.45, 7) is 8.88. The summed E-state index contributed by atoms with van der Waals surface area (Å²) in [4.78, 5) is 26.7. The summed E-state index contributed by atoms with van der Waals surface area (Å²) in [6, 6.07) is 10.9. The third kappa shape index (κ3) is 6.42. The number of carbonyl (C=O) groups is 1. The third-order valence-electron chi connectivity index (χ3n) is 6.45. The predicted octanol–water partition coefficient (Wildman–Crippen LogP) is 3.11. The van der Waals surface area contributed by atoms with E-state index >= 15 is 0 Å². The highest BCUT2D eigenvalue weighted by Crippen LogP contribution is 2.35. The molecule has 5 rings (SSSR count). The molecule has 1 aromatic heterocycles. The lowest BCUT2D eigenvalue weighted by molar-refractivity contribution is 0.0321. The lowest BCUT2D eigenvalue weighted by Gasteiger charge is -2.27. The van der Waals surface area contributed by atoms with Gasteiger partial charge in [-0.05, 0) is 30.7 Å². The van der Waals surface area contributed by atoms with Crippen LogP contribution in [0.25, 0.3) is 10.9 Å². The van der Waals surface area contributed by atoms with Crippen LogP contribution in [-0.4, -0.2) is 93.8 Å². The quantitative estimate of drug-likeness (QED) is 0.473. The van der Waals surface area contributed by atoms with Crippen LogP contribution in [0.5, 0.6) is 17.2 Å². The van der Waals surface area contributed by atoms with Crippen molar-refractivity contribution in [3.8, 4) is 17.2 Å². The summed E-state index contributed by atoms with van der Waals surface area (Å²) in [6.07, 6.45) is -0.644. The van der Waals surface area contributed by atoms with E-state index in [-0.39, 0.29) is 0 Å². The number of rotatable bonds is 8. The van der Waals surface area contributed by atoms with Gasteiger partial charge in [-0.25, -0.2) is 9.78 Å². The third-order valence-corrected chi connectivity index (χ3v) is 6.45. The molecule has 0 saturated carbocycles. The summed E-state index contributed by atoms with van der Waals surface area (Å²) in [5.41, 5.74) is 1.60. The maximum atomic E-state index is 12.9. The van der Waals surface area contributed by atoms with Crippen LogP contribution in [0.2, 0.25) is 0 Å². The van der Waals surface area contributed by atoms with E-state index in [9.17, 15) is 4.79 Å². The topological polar surface area (TPSA) is 108 Å². The average molecular weight is 524 g/mol. The molecule has 0 aliphatic carbocycles. The molecule has 11 heteroatoms. The molecule has 202 valence electrons. The molecule has 3 aromatic rings. The van der Waals surface area contributed by atoms with Gasteiger partial charge in [0.1, 0.15) is 18.2 Å². The molecule has 2 saturated heterocycles. The van der Waals surface area contributed by atoms with E-state index in [2.05, 4.69) is 10.2 Å². The van der Waals surface area contributed by atoms with E-state index in [0.717, 1.165) is 38.4 Å². The summed E-state index contributed by atoms with van der Waals surface area (Å²) in [7, 11) is 1.60. The molecule has 3 heterocycles. The fourth-order valence-electron chi connectivity index (χ4n) is 4.41. The minimum absolute atomic E-state index is 0.329. The van der Waals surface area contributed by atoms with Gasteiger partial charge in [0.05, 0.1) is 39.1 Å². The normalized spacial score (nSPS) is 16.3. The number of hydrogen-bond acceptors (Lipinski definition) is 10. The first-order chi connectivity index (χ1) is 18.6. The number of benzene rings is 2. The number of anilines is 2. The zero-order valence-electron chi connectivity index (χ0n) is 21.8. The molecule has 0 spiro atoms. The van der Waals surface area contributed by atoms with Crippen LogP contribution in [-0.2, 0) is 9.47 Å². The number of nitrogens with one attached hydrogen (secondary N) is 1. The predicted molar refractivity (Wildman–Crippen MR) is 143 cm³/mol. The summed E-state index contributed by atoms with van der Waals surface area (Å²) < 4.78 is 28.2. The van der Waals surface area contributed by atoms with Crippen LogP contribution in [0.1, 0.15) is 5.56 Å². The molecule has 0 radical (unpaired) electrons. The number of ether oxygens (including phenoxy) is 5. The minimum Gasteiger partial charge on any atom is -0.493 e. The van der Waals surface area contributed by atoms with Crippen LogP contribution < -0.4 is 24.4 Å². The number of hydrogen-bond donors (Lipinski definition) is 1. The average Bonchev–Trinajstić information content (AvgIpc) is 2.94. The Morgan fingerprint density at radius 3 is 2.50 bits per heavy atom. The van der Waals surface area contributed by atoms with E-state index in [4.69, 9.17) is 33.7 Å². The van der Waals surface area contributed by atoms with E-state index in [1.54, 1.807) is 25.3 Å².